The fourth-order valence-electron chi connectivity index (χ4n) is 3.28. The molecule has 1 aliphatic heterocycles. The summed E-state index contributed by atoms with van der Waals surface area (Å²) in [5, 5.41) is 16.3. The lowest BCUT2D eigenvalue weighted by atomic mass is 10.1. The van der Waals surface area contributed by atoms with Crippen LogP contribution in [0.2, 0.25) is 0 Å². The van der Waals surface area contributed by atoms with Gasteiger partial charge in [0.25, 0.3) is 0 Å². The standard InChI is InChI=1S/C19H23N7/c1-15-4-9-19(24-23-15)25-10-2-3-17(12-25)21-11-16-5-7-18(8-6-16)26-14-20-13-22-26/h4-9,13-14,17,21H,2-3,10-12H2,1H3/t17-/m1/s1. The highest BCUT2D eigenvalue weighted by Crippen LogP contribution is 2.18. The maximum Gasteiger partial charge on any atom is 0.151 e. The van der Waals surface area contributed by atoms with Gasteiger partial charge in [-0.1, -0.05) is 12.1 Å². The number of benzene rings is 1. The first-order valence-electron chi connectivity index (χ1n) is 9.00. The summed E-state index contributed by atoms with van der Waals surface area (Å²) in [4.78, 5) is 6.30. The van der Waals surface area contributed by atoms with Gasteiger partial charge in [-0.15, -0.1) is 5.10 Å². The molecular formula is C19H23N7. The minimum absolute atomic E-state index is 0.460. The van der Waals surface area contributed by atoms with Gasteiger partial charge in [-0.25, -0.2) is 9.67 Å². The van der Waals surface area contributed by atoms with Crippen molar-refractivity contribution in [3.05, 3.63) is 60.3 Å². The van der Waals surface area contributed by atoms with Crippen molar-refractivity contribution in [3.8, 4) is 5.69 Å². The largest absolute Gasteiger partial charge is 0.354 e. The number of anilines is 1. The van der Waals surface area contributed by atoms with Gasteiger partial charge in [-0.2, -0.15) is 10.2 Å². The van der Waals surface area contributed by atoms with E-state index in [0.29, 0.717) is 6.04 Å². The Bertz CT molecular complexity index is 812. The molecule has 3 aromatic rings. The van der Waals surface area contributed by atoms with Crippen molar-refractivity contribution in [1.29, 1.82) is 0 Å². The number of rotatable bonds is 5. The van der Waals surface area contributed by atoms with E-state index in [4.69, 9.17) is 0 Å². The van der Waals surface area contributed by atoms with Gasteiger partial charge in [-0.05, 0) is 49.6 Å². The van der Waals surface area contributed by atoms with Gasteiger partial charge in [0.1, 0.15) is 12.7 Å². The molecule has 0 unspecified atom stereocenters. The van der Waals surface area contributed by atoms with Gasteiger partial charge in [0, 0.05) is 25.7 Å². The zero-order valence-corrected chi connectivity index (χ0v) is 14.9. The Kier molecular flexibility index (Phi) is 4.88. The first kappa shape index (κ1) is 16.7. The summed E-state index contributed by atoms with van der Waals surface area (Å²) in [5.74, 6) is 0.972. The normalized spacial score (nSPS) is 17.4. The van der Waals surface area contributed by atoms with Crippen LogP contribution in [0.3, 0.4) is 0 Å². The Balaban J connectivity index is 1.33. The average molecular weight is 349 g/mol. The smallest absolute Gasteiger partial charge is 0.151 e. The van der Waals surface area contributed by atoms with E-state index in [0.717, 1.165) is 36.8 Å². The van der Waals surface area contributed by atoms with Crippen LogP contribution in [0, 0.1) is 6.92 Å². The minimum Gasteiger partial charge on any atom is -0.354 e. The zero-order chi connectivity index (χ0) is 17.8. The lowest BCUT2D eigenvalue weighted by Gasteiger charge is -2.33. The predicted molar refractivity (Wildman–Crippen MR) is 100 cm³/mol. The molecule has 1 fully saturated rings. The van der Waals surface area contributed by atoms with Crippen molar-refractivity contribution < 1.29 is 0 Å². The number of nitrogens with one attached hydrogen (secondary N) is 1. The highest BCUT2D eigenvalue weighted by Gasteiger charge is 2.20. The minimum atomic E-state index is 0.460. The number of nitrogens with zero attached hydrogens (tertiary/aromatic N) is 6. The van der Waals surface area contributed by atoms with Crippen molar-refractivity contribution in [2.45, 2.75) is 32.4 Å². The summed E-state index contributed by atoms with van der Waals surface area (Å²) >= 11 is 0. The molecule has 4 rings (SSSR count). The van der Waals surface area contributed by atoms with E-state index in [-0.39, 0.29) is 0 Å². The van der Waals surface area contributed by atoms with Crippen molar-refractivity contribution in [2.75, 3.05) is 18.0 Å². The van der Waals surface area contributed by atoms with E-state index in [2.05, 4.69) is 60.8 Å². The van der Waals surface area contributed by atoms with Gasteiger partial charge >= 0.3 is 0 Å². The Morgan fingerprint density at radius 3 is 2.73 bits per heavy atom. The summed E-state index contributed by atoms with van der Waals surface area (Å²) in [6.07, 6.45) is 5.60. The summed E-state index contributed by atoms with van der Waals surface area (Å²) in [7, 11) is 0. The third-order valence-corrected chi connectivity index (χ3v) is 4.74. The predicted octanol–water partition coefficient (Wildman–Crippen LogP) is 2.12. The van der Waals surface area contributed by atoms with Gasteiger partial charge < -0.3 is 10.2 Å². The first-order chi connectivity index (χ1) is 12.8. The van der Waals surface area contributed by atoms with Crippen LogP contribution in [0.1, 0.15) is 24.1 Å². The fourth-order valence-corrected chi connectivity index (χ4v) is 3.28. The fraction of sp³-hybridized carbons (Fsp3) is 0.368. The molecule has 1 aliphatic rings. The first-order valence-corrected chi connectivity index (χ1v) is 9.00. The molecule has 0 amide bonds. The van der Waals surface area contributed by atoms with Crippen molar-refractivity contribution >= 4 is 5.82 Å². The molecule has 0 bridgehead atoms. The average Bonchev–Trinajstić information content (AvgIpc) is 3.22. The molecule has 2 aromatic heterocycles. The van der Waals surface area contributed by atoms with Crippen LogP contribution in [0.4, 0.5) is 5.82 Å². The second-order valence-corrected chi connectivity index (χ2v) is 6.71. The molecule has 26 heavy (non-hydrogen) atoms. The Morgan fingerprint density at radius 2 is 2.00 bits per heavy atom. The SMILES string of the molecule is Cc1ccc(N2CCC[C@@H](NCc3ccc(-n4cncn4)cc3)C2)nn1. The molecule has 0 saturated carbocycles. The molecule has 1 N–H and O–H groups in total. The maximum absolute atomic E-state index is 4.32. The van der Waals surface area contributed by atoms with Crippen molar-refractivity contribution in [1.82, 2.24) is 30.3 Å². The number of aryl methyl sites for hydroxylation is 1. The molecule has 0 aliphatic carbocycles. The number of hydrogen-bond acceptors (Lipinski definition) is 6. The maximum atomic E-state index is 4.32. The van der Waals surface area contributed by atoms with E-state index in [1.807, 2.05) is 13.0 Å². The summed E-state index contributed by atoms with van der Waals surface area (Å²) in [5.41, 5.74) is 3.24. The van der Waals surface area contributed by atoms with E-state index in [1.54, 1.807) is 17.3 Å². The second-order valence-electron chi connectivity index (χ2n) is 6.71. The molecule has 1 aromatic carbocycles. The third kappa shape index (κ3) is 3.88. The topological polar surface area (TPSA) is 71.8 Å². The Hall–Kier alpha value is -2.80. The van der Waals surface area contributed by atoms with Gasteiger partial charge in [0.05, 0.1) is 11.4 Å². The van der Waals surface area contributed by atoms with Crippen LogP contribution in [0.15, 0.2) is 49.1 Å². The second kappa shape index (κ2) is 7.61. The Morgan fingerprint density at radius 1 is 1.12 bits per heavy atom. The van der Waals surface area contributed by atoms with E-state index < -0.39 is 0 Å². The number of aromatic nitrogens is 5. The van der Waals surface area contributed by atoms with Gasteiger partial charge in [0.15, 0.2) is 5.82 Å². The quantitative estimate of drug-likeness (QED) is 0.761. The van der Waals surface area contributed by atoms with Crippen LogP contribution in [-0.2, 0) is 6.54 Å². The number of hydrogen-bond donors (Lipinski definition) is 1. The van der Waals surface area contributed by atoms with E-state index in [9.17, 15) is 0 Å². The lowest BCUT2D eigenvalue weighted by Crippen LogP contribution is -2.45. The molecule has 0 radical (unpaired) electrons. The lowest BCUT2D eigenvalue weighted by molar-refractivity contribution is 0.419. The molecule has 1 saturated heterocycles. The van der Waals surface area contributed by atoms with Crippen LogP contribution in [0.25, 0.3) is 5.69 Å². The molecular weight excluding hydrogens is 326 g/mol. The molecule has 7 heteroatoms. The van der Waals surface area contributed by atoms with E-state index >= 15 is 0 Å². The summed E-state index contributed by atoms with van der Waals surface area (Å²) in [6.45, 7) is 4.83. The van der Waals surface area contributed by atoms with Crippen LogP contribution < -0.4 is 10.2 Å². The number of piperidine rings is 1. The van der Waals surface area contributed by atoms with Crippen molar-refractivity contribution in [3.63, 3.8) is 0 Å². The van der Waals surface area contributed by atoms with Crippen molar-refractivity contribution in [2.24, 2.45) is 0 Å². The van der Waals surface area contributed by atoms with Gasteiger partial charge in [0.2, 0.25) is 0 Å². The molecule has 3 heterocycles. The monoisotopic (exact) mass is 349 g/mol. The molecule has 7 nitrogen and oxygen atoms in total. The van der Waals surface area contributed by atoms with Crippen LogP contribution in [-0.4, -0.2) is 44.1 Å². The Labute approximate surface area is 153 Å². The molecule has 1 atom stereocenters. The third-order valence-electron chi connectivity index (χ3n) is 4.74. The highest BCUT2D eigenvalue weighted by atomic mass is 15.3. The van der Waals surface area contributed by atoms with Gasteiger partial charge in [-0.3, -0.25) is 0 Å². The highest BCUT2D eigenvalue weighted by molar-refractivity contribution is 5.38. The van der Waals surface area contributed by atoms with Crippen LogP contribution >= 0.6 is 0 Å². The summed E-state index contributed by atoms with van der Waals surface area (Å²) in [6, 6.07) is 13.0. The summed E-state index contributed by atoms with van der Waals surface area (Å²) < 4.78 is 1.76. The van der Waals surface area contributed by atoms with Crippen LogP contribution in [0.5, 0.6) is 0 Å². The van der Waals surface area contributed by atoms with E-state index in [1.165, 1.54) is 18.4 Å². The zero-order valence-electron chi connectivity index (χ0n) is 14.9. The molecule has 0 spiro atoms. The molecule has 134 valence electrons.